The van der Waals surface area contributed by atoms with Crippen molar-refractivity contribution in [2.45, 2.75) is 32.7 Å². The standard InChI is InChI=1S/C13H22N6O2/c1-3-14-13-16-9-11(19(20)21)12(17-13)15-8-10(2)18-6-4-5-7-18/h9-10H,3-8H2,1-2H3,(H2,14,15,16,17). The third kappa shape index (κ3) is 4.01. The van der Waals surface area contributed by atoms with Gasteiger partial charge in [0.05, 0.1) is 4.92 Å². The van der Waals surface area contributed by atoms with Gasteiger partial charge in [0.25, 0.3) is 0 Å². The Morgan fingerprint density at radius 3 is 2.76 bits per heavy atom. The van der Waals surface area contributed by atoms with Crippen LogP contribution in [-0.2, 0) is 0 Å². The molecule has 0 bridgehead atoms. The lowest BCUT2D eigenvalue weighted by Crippen LogP contribution is -2.35. The molecule has 2 heterocycles. The fraction of sp³-hybridized carbons (Fsp3) is 0.692. The zero-order chi connectivity index (χ0) is 15.2. The third-order valence-electron chi connectivity index (χ3n) is 3.63. The topological polar surface area (TPSA) is 96.2 Å². The molecule has 116 valence electrons. The molecule has 1 atom stereocenters. The van der Waals surface area contributed by atoms with Crippen LogP contribution in [0.15, 0.2) is 6.20 Å². The zero-order valence-corrected chi connectivity index (χ0v) is 12.5. The van der Waals surface area contributed by atoms with Gasteiger partial charge in [0, 0.05) is 19.1 Å². The molecule has 21 heavy (non-hydrogen) atoms. The molecule has 8 nitrogen and oxygen atoms in total. The Bertz CT molecular complexity index is 490. The largest absolute Gasteiger partial charge is 0.363 e. The summed E-state index contributed by atoms with van der Waals surface area (Å²) in [5.41, 5.74) is -0.0923. The molecule has 8 heteroatoms. The Balaban J connectivity index is 2.05. The van der Waals surface area contributed by atoms with Crippen molar-refractivity contribution >= 4 is 17.5 Å². The number of hydrogen-bond acceptors (Lipinski definition) is 7. The van der Waals surface area contributed by atoms with Crippen molar-refractivity contribution < 1.29 is 4.92 Å². The van der Waals surface area contributed by atoms with Crippen LogP contribution in [0.1, 0.15) is 26.7 Å². The second-order valence-electron chi connectivity index (χ2n) is 5.19. The van der Waals surface area contributed by atoms with E-state index in [1.165, 1.54) is 19.0 Å². The van der Waals surface area contributed by atoms with Crippen LogP contribution in [0, 0.1) is 10.1 Å². The lowest BCUT2D eigenvalue weighted by Gasteiger charge is -2.24. The van der Waals surface area contributed by atoms with Crippen molar-refractivity contribution in [2.24, 2.45) is 0 Å². The van der Waals surface area contributed by atoms with Crippen molar-refractivity contribution in [3.63, 3.8) is 0 Å². The van der Waals surface area contributed by atoms with Gasteiger partial charge in [0.15, 0.2) is 0 Å². The van der Waals surface area contributed by atoms with Gasteiger partial charge >= 0.3 is 5.69 Å². The Morgan fingerprint density at radius 2 is 2.14 bits per heavy atom. The highest BCUT2D eigenvalue weighted by Gasteiger charge is 2.21. The SMILES string of the molecule is CCNc1ncc([N+](=O)[O-])c(NCC(C)N2CCCC2)n1. The molecule has 1 unspecified atom stereocenters. The van der Waals surface area contributed by atoms with E-state index in [1.807, 2.05) is 6.92 Å². The van der Waals surface area contributed by atoms with Gasteiger partial charge in [-0.25, -0.2) is 4.98 Å². The third-order valence-corrected chi connectivity index (χ3v) is 3.63. The fourth-order valence-corrected chi connectivity index (χ4v) is 2.44. The summed E-state index contributed by atoms with van der Waals surface area (Å²) in [5, 5.41) is 17.1. The summed E-state index contributed by atoms with van der Waals surface area (Å²) in [7, 11) is 0. The van der Waals surface area contributed by atoms with Gasteiger partial charge in [0.2, 0.25) is 11.8 Å². The van der Waals surface area contributed by atoms with Crippen molar-refractivity contribution in [3.8, 4) is 0 Å². The van der Waals surface area contributed by atoms with E-state index in [2.05, 4.69) is 32.4 Å². The van der Waals surface area contributed by atoms with E-state index in [0.717, 1.165) is 13.1 Å². The van der Waals surface area contributed by atoms with E-state index in [4.69, 9.17) is 0 Å². The lowest BCUT2D eigenvalue weighted by atomic mass is 10.3. The summed E-state index contributed by atoms with van der Waals surface area (Å²) in [4.78, 5) is 21.1. The van der Waals surface area contributed by atoms with Crippen LogP contribution in [0.4, 0.5) is 17.5 Å². The van der Waals surface area contributed by atoms with Crippen LogP contribution in [0.2, 0.25) is 0 Å². The number of anilines is 2. The summed E-state index contributed by atoms with van der Waals surface area (Å²) in [6.45, 7) is 7.53. The molecule has 0 aromatic carbocycles. The summed E-state index contributed by atoms with van der Waals surface area (Å²) < 4.78 is 0. The highest BCUT2D eigenvalue weighted by molar-refractivity contribution is 5.57. The highest BCUT2D eigenvalue weighted by Crippen LogP contribution is 2.22. The predicted octanol–water partition coefficient (Wildman–Crippen LogP) is 1.71. The average Bonchev–Trinajstić information content (AvgIpc) is 2.99. The maximum Gasteiger partial charge on any atom is 0.329 e. The second-order valence-corrected chi connectivity index (χ2v) is 5.19. The normalized spacial score (nSPS) is 16.7. The Labute approximate surface area is 124 Å². The van der Waals surface area contributed by atoms with E-state index in [1.54, 1.807) is 0 Å². The molecular weight excluding hydrogens is 272 g/mol. The van der Waals surface area contributed by atoms with Gasteiger partial charge in [-0.05, 0) is 39.8 Å². The molecule has 0 aliphatic carbocycles. The molecule has 1 fully saturated rings. The molecule has 1 aromatic rings. The van der Waals surface area contributed by atoms with E-state index >= 15 is 0 Å². The Hall–Kier alpha value is -1.96. The Kier molecular flexibility index (Phi) is 5.26. The summed E-state index contributed by atoms with van der Waals surface area (Å²) in [6.07, 6.45) is 3.69. The molecule has 1 aliphatic rings. The van der Waals surface area contributed by atoms with Crippen molar-refractivity contribution in [3.05, 3.63) is 16.3 Å². The number of nitro groups is 1. The first-order valence-corrected chi connectivity index (χ1v) is 7.35. The average molecular weight is 294 g/mol. The van der Waals surface area contributed by atoms with Crippen molar-refractivity contribution in [2.75, 3.05) is 36.8 Å². The minimum Gasteiger partial charge on any atom is -0.363 e. The van der Waals surface area contributed by atoms with Crippen LogP contribution >= 0.6 is 0 Å². The van der Waals surface area contributed by atoms with Crippen molar-refractivity contribution in [1.82, 2.24) is 14.9 Å². The van der Waals surface area contributed by atoms with E-state index in [0.29, 0.717) is 25.1 Å². The van der Waals surface area contributed by atoms with Crippen LogP contribution in [0.5, 0.6) is 0 Å². The first kappa shape index (κ1) is 15.4. The van der Waals surface area contributed by atoms with Gasteiger partial charge in [-0.3, -0.25) is 15.0 Å². The number of rotatable bonds is 7. The van der Waals surface area contributed by atoms with Crippen molar-refractivity contribution in [1.29, 1.82) is 0 Å². The summed E-state index contributed by atoms with van der Waals surface area (Å²) in [6, 6.07) is 0.324. The minimum atomic E-state index is -0.460. The summed E-state index contributed by atoms with van der Waals surface area (Å²) >= 11 is 0. The summed E-state index contributed by atoms with van der Waals surface area (Å²) in [5.74, 6) is 0.677. The maximum atomic E-state index is 11.0. The first-order chi connectivity index (χ1) is 10.1. The van der Waals surface area contributed by atoms with Crippen LogP contribution < -0.4 is 10.6 Å². The molecule has 2 rings (SSSR count). The minimum absolute atomic E-state index is 0.0923. The molecular formula is C13H22N6O2. The molecule has 1 saturated heterocycles. The molecule has 0 spiro atoms. The quantitative estimate of drug-likeness (QED) is 0.583. The number of likely N-dealkylation sites (tertiary alicyclic amines) is 1. The van der Waals surface area contributed by atoms with E-state index in [-0.39, 0.29) is 11.5 Å². The molecule has 2 N–H and O–H groups in total. The number of nitrogens with one attached hydrogen (secondary N) is 2. The Morgan fingerprint density at radius 1 is 1.43 bits per heavy atom. The molecule has 0 amide bonds. The van der Waals surface area contributed by atoms with Gasteiger partial charge in [-0.1, -0.05) is 0 Å². The van der Waals surface area contributed by atoms with Gasteiger partial charge < -0.3 is 10.6 Å². The van der Waals surface area contributed by atoms with Crippen LogP contribution in [-0.4, -0.2) is 52.0 Å². The molecule has 0 saturated carbocycles. The van der Waals surface area contributed by atoms with E-state index < -0.39 is 4.92 Å². The zero-order valence-electron chi connectivity index (χ0n) is 12.5. The lowest BCUT2D eigenvalue weighted by molar-refractivity contribution is -0.384. The van der Waals surface area contributed by atoms with Crippen LogP contribution in [0.25, 0.3) is 0 Å². The number of aromatic nitrogens is 2. The van der Waals surface area contributed by atoms with Gasteiger partial charge in [-0.2, -0.15) is 4.98 Å². The van der Waals surface area contributed by atoms with Gasteiger partial charge in [-0.15, -0.1) is 0 Å². The molecule has 1 aromatic heterocycles. The highest BCUT2D eigenvalue weighted by atomic mass is 16.6. The molecule has 1 aliphatic heterocycles. The number of hydrogen-bond donors (Lipinski definition) is 2. The van der Waals surface area contributed by atoms with E-state index in [9.17, 15) is 10.1 Å². The smallest absolute Gasteiger partial charge is 0.329 e. The second kappa shape index (κ2) is 7.16. The maximum absolute atomic E-state index is 11.0. The molecule has 0 radical (unpaired) electrons. The van der Waals surface area contributed by atoms with Crippen LogP contribution in [0.3, 0.4) is 0 Å². The number of nitrogens with zero attached hydrogens (tertiary/aromatic N) is 4. The fourth-order valence-electron chi connectivity index (χ4n) is 2.44. The predicted molar refractivity (Wildman–Crippen MR) is 81.6 cm³/mol. The first-order valence-electron chi connectivity index (χ1n) is 7.35. The van der Waals surface area contributed by atoms with Gasteiger partial charge in [0.1, 0.15) is 6.20 Å². The monoisotopic (exact) mass is 294 g/mol.